The van der Waals surface area contributed by atoms with Crippen molar-refractivity contribution in [1.29, 1.82) is 0 Å². The summed E-state index contributed by atoms with van der Waals surface area (Å²) in [7, 11) is 3.90. The van der Waals surface area contributed by atoms with Crippen LogP contribution in [0.25, 0.3) is 0 Å². The van der Waals surface area contributed by atoms with Gasteiger partial charge in [-0.3, -0.25) is 4.79 Å². The molecule has 0 spiro atoms. The van der Waals surface area contributed by atoms with Gasteiger partial charge in [0.15, 0.2) is 0 Å². The number of rotatable bonds is 11. The van der Waals surface area contributed by atoms with Gasteiger partial charge < -0.3 is 4.90 Å². The van der Waals surface area contributed by atoms with E-state index in [0.29, 0.717) is 12.3 Å². The lowest BCUT2D eigenvalue weighted by atomic mass is 10.1. The van der Waals surface area contributed by atoms with Crippen molar-refractivity contribution in [3.8, 4) is 0 Å². The Hall–Kier alpha value is -0.370. The molecule has 0 fully saturated rings. The quantitative estimate of drug-likeness (QED) is 0.502. The first-order valence-electron chi connectivity index (χ1n) is 6.83. The van der Waals surface area contributed by atoms with Gasteiger partial charge in [-0.1, -0.05) is 51.9 Å². The number of likely N-dealkylation sites (N-methyl/N-ethyl adjacent to an activating group) is 1. The van der Waals surface area contributed by atoms with Crippen molar-refractivity contribution < 1.29 is 4.79 Å². The number of hydrogen-bond donors (Lipinski definition) is 0. The van der Waals surface area contributed by atoms with Crippen LogP contribution < -0.4 is 0 Å². The normalized spacial score (nSPS) is 11.0. The van der Waals surface area contributed by atoms with Gasteiger partial charge in [-0.2, -0.15) is 0 Å². The molecule has 0 unspecified atom stereocenters. The van der Waals surface area contributed by atoms with Crippen molar-refractivity contribution in [3.05, 3.63) is 0 Å². The minimum atomic E-state index is 0.385. The minimum Gasteiger partial charge on any atom is -0.302 e. The van der Waals surface area contributed by atoms with E-state index in [2.05, 4.69) is 6.92 Å². The third-order valence-corrected chi connectivity index (χ3v) is 2.80. The van der Waals surface area contributed by atoms with Crippen LogP contribution in [0.4, 0.5) is 0 Å². The Bertz CT molecular complexity index is 166. The molecule has 2 nitrogen and oxygen atoms in total. The third-order valence-electron chi connectivity index (χ3n) is 2.80. The molecule has 16 heavy (non-hydrogen) atoms. The lowest BCUT2D eigenvalue weighted by molar-refractivity contribution is -0.119. The summed E-state index contributed by atoms with van der Waals surface area (Å²) in [6.45, 7) is 2.85. The molecule has 0 amide bonds. The maximum Gasteiger partial charge on any atom is 0.146 e. The predicted molar refractivity (Wildman–Crippen MR) is 70.8 cm³/mol. The molecule has 0 aliphatic carbocycles. The summed E-state index contributed by atoms with van der Waals surface area (Å²) in [6.07, 6.45) is 11.2. The number of carbonyl (C=O) groups is 1. The van der Waals surface area contributed by atoms with Crippen molar-refractivity contribution in [3.63, 3.8) is 0 Å². The number of Topliss-reactive ketones (excluding diaryl/α,β-unsaturated/α-hetero) is 1. The molecule has 0 aromatic rings. The SMILES string of the molecule is CCCCCCCCCCC(=O)CN(C)C. The Morgan fingerprint density at radius 3 is 1.88 bits per heavy atom. The number of nitrogens with zero attached hydrogens (tertiary/aromatic N) is 1. The molecule has 0 aliphatic heterocycles. The Morgan fingerprint density at radius 1 is 0.875 bits per heavy atom. The first-order chi connectivity index (χ1) is 7.66. The van der Waals surface area contributed by atoms with Gasteiger partial charge in [-0.05, 0) is 20.5 Å². The van der Waals surface area contributed by atoms with Crippen LogP contribution in [0.2, 0.25) is 0 Å². The van der Waals surface area contributed by atoms with Crippen molar-refractivity contribution in [2.75, 3.05) is 20.6 Å². The summed E-state index contributed by atoms with van der Waals surface area (Å²) in [5, 5.41) is 0. The van der Waals surface area contributed by atoms with E-state index in [1.54, 1.807) is 0 Å². The molecule has 2 heteroatoms. The van der Waals surface area contributed by atoms with Gasteiger partial charge in [0.25, 0.3) is 0 Å². The van der Waals surface area contributed by atoms with E-state index in [1.165, 1.54) is 44.9 Å². The van der Waals surface area contributed by atoms with Crippen LogP contribution in [-0.4, -0.2) is 31.3 Å². The average molecular weight is 227 g/mol. The fourth-order valence-electron chi connectivity index (χ4n) is 1.89. The van der Waals surface area contributed by atoms with Crippen LogP contribution in [0.15, 0.2) is 0 Å². The van der Waals surface area contributed by atoms with Crippen molar-refractivity contribution in [2.45, 2.75) is 64.7 Å². The summed E-state index contributed by atoms with van der Waals surface area (Å²) in [5.74, 6) is 0.385. The Balaban J connectivity index is 3.11. The molecule has 0 rings (SSSR count). The van der Waals surface area contributed by atoms with Crippen LogP contribution in [0.5, 0.6) is 0 Å². The molecule has 0 radical (unpaired) electrons. The third kappa shape index (κ3) is 11.7. The van der Waals surface area contributed by atoms with Gasteiger partial charge >= 0.3 is 0 Å². The maximum absolute atomic E-state index is 11.4. The molecule has 0 aliphatic rings. The first-order valence-corrected chi connectivity index (χ1v) is 6.83. The highest BCUT2D eigenvalue weighted by atomic mass is 16.1. The van der Waals surface area contributed by atoms with E-state index >= 15 is 0 Å². The first kappa shape index (κ1) is 15.6. The molecule has 0 saturated carbocycles. The fraction of sp³-hybridized carbons (Fsp3) is 0.929. The van der Waals surface area contributed by atoms with Crippen LogP contribution in [0.1, 0.15) is 64.7 Å². The zero-order valence-electron chi connectivity index (χ0n) is 11.4. The summed E-state index contributed by atoms with van der Waals surface area (Å²) in [6, 6.07) is 0. The highest BCUT2D eigenvalue weighted by molar-refractivity contribution is 5.80. The van der Waals surface area contributed by atoms with Crippen LogP contribution >= 0.6 is 0 Å². The Kier molecular flexibility index (Phi) is 10.9. The standard InChI is InChI=1S/C14H29NO/c1-4-5-6-7-8-9-10-11-12-14(16)13-15(2)3/h4-13H2,1-3H3. The summed E-state index contributed by atoms with van der Waals surface area (Å²) in [5.41, 5.74) is 0. The Morgan fingerprint density at radius 2 is 1.38 bits per heavy atom. The lowest BCUT2D eigenvalue weighted by Crippen LogP contribution is -2.21. The van der Waals surface area contributed by atoms with Crippen molar-refractivity contribution >= 4 is 5.78 Å². The smallest absolute Gasteiger partial charge is 0.146 e. The van der Waals surface area contributed by atoms with Gasteiger partial charge in [0.05, 0.1) is 6.54 Å². The van der Waals surface area contributed by atoms with Gasteiger partial charge in [-0.25, -0.2) is 0 Å². The van der Waals surface area contributed by atoms with Gasteiger partial charge in [0.1, 0.15) is 5.78 Å². The van der Waals surface area contributed by atoms with Gasteiger partial charge in [0, 0.05) is 6.42 Å². The highest BCUT2D eigenvalue weighted by Crippen LogP contribution is 2.09. The number of ketones is 1. The molecule has 0 bridgehead atoms. The number of hydrogen-bond acceptors (Lipinski definition) is 2. The van der Waals surface area contributed by atoms with Crippen LogP contribution in [0.3, 0.4) is 0 Å². The van der Waals surface area contributed by atoms with Gasteiger partial charge in [0.2, 0.25) is 0 Å². The molecule has 96 valence electrons. The summed E-state index contributed by atoms with van der Waals surface area (Å²) >= 11 is 0. The number of unbranched alkanes of at least 4 members (excludes halogenated alkanes) is 7. The Labute approximate surface area is 101 Å². The van der Waals surface area contributed by atoms with E-state index in [4.69, 9.17) is 0 Å². The van der Waals surface area contributed by atoms with Crippen molar-refractivity contribution in [2.24, 2.45) is 0 Å². The predicted octanol–water partition coefficient (Wildman–Crippen LogP) is 3.65. The van der Waals surface area contributed by atoms with E-state index in [9.17, 15) is 4.79 Å². The molecule has 0 aromatic carbocycles. The fourth-order valence-corrected chi connectivity index (χ4v) is 1.89. The van der Waals surface area contributed by atoms with Crippen molar-refractivity contribution in [1.82, 2.24) is 4.90 Å². The monoisotopic (exact) mass is 227 g/mol. The molecule has 0 atom stereocenters. The van der Waals surface area contributed by atoms with Gasteiger partial charge in [-0.15, -0.1) is 0 Å². The van der Waals surface area contributed by atoms with Crippen LogP contribution in [0, 0.1) is 0 Å². The van der Waals surface area contributed by atoms with Crippen LogP contribution in [-0.2, 0) is 4.79 Å². The van der Waals surface area contributed by atoms with E-state index in [0.717, 1.165) is 12.8 Å². The molecule has 0 N–H and O–H groups in total. The summed E-state index contributed by atoms with van der Waals surface area (Å²) in [4.78, 5) is 13.3. The second kappa shape index (κ2) is 11.1. The second-order valence-corrected chi connectivity index (χ2v) is 5.00. The molecule has 0 heterocycles. The molecule has 0 aromatic heterocycles. The second-order valence-electron chi connectivity index (χ2n) is 5.00. The zero-order chi connectivity index (χ0) is 12.2. The molecular weight excluding hydrogens is 198 g/mol. The molecule has 0 saturated heterocycles. The average Bonchev–Trinajstić information content (AvgIpc) is 2.21. The summed E-state index contributed by atoms with van der Waals surface area (Å²) < 4.78 is 0. The van der Waals surface area contributed by atoms with E-state index in [1.807, 2.05) is 19.0 Å². The minimum absolute atomic E-state index is 0.385. The topological polar surface area (TPSA) is 20.3 Å². The maximum atomic E-state index is 11.4. The zero-order valence-corrected chi connectivity index (χ0v) is 11.4. The number of carbonyl (C=O) groups excluding carboxylic acids is 1. The van der Waals surface area contributed by atoms with E-state index in [-0.39, 0.29) is 0 Å². The molecular formula is C14H29NO. The lowest BCUT2D eigenvalue weighted by Gasteiger charge is -2.07. The highest BCUT2D eigenvalue weighted by Gasteiger charge is 2.02. The largest absolute Gasteiger partial charge is 0.302 e. The van der Waals surface area contributed by atoms with E-state index < -0.39 is 0 Å².